The number of aryl methyl sites for hydroxylation is 1. The summed E-state index contributed by atoms with van der Waals surface area (Å²) in [5.74, 6) is 0.382. The van der Waals surface area contributed by atoms with Crippen LogP contribution >= 0.6 is 11.6 Å². The van der Waals surface area contributed by atoms with Crippen molar-refractivity contribution in [2.24, 2.45) is 5.92 Å². The normalized spacial score (nSPS) is 13.0. The quantitative estimate of drug-likeness (QED) is 0.643. The zero-order chi connectivity index (χ0) is 15.9. The molecule has 1 aromatic carbocycles. The number of hydrogen-bond acceptors (Lipinski definition) is 3. The topological polar surface area (TPSA) is 38.9 Å². The third-order valence-electron chi connectivity index (χ3n) is 3.79. The van der Waals surface area contributed by atoms with E-state index in [1.54, 1.807) is 18.5 Å². The zero-order valence-corrected chi connectivity index (χ0v) is 13.1. The zero-order valence-electron chi connectivity index (χ0n) is 12.3. The van der Waals surface area contributed by atoms with Crippen LogP contribution in [0.4, 0.5) is 4.39 Å². The minimum Gasteiger partial charge on any atom is -0.460 e. The molecule has 3 rings (SSSR count). The lowest BCUT2D eigenvalue weighted by Gasteiger charge is -2.19. The molecule has 0 fully saturated rings. The van der Waals surface area contributed by atoms with Crippen molar-refractivity contribution in [2.75, 3.05) is 0 Å². The molecule has 1 radical (unpaired) electrons. The molecular weight excluding hydrogens is 303 g/mol. The molecule has 0 saturated carbocycles. The van der Waals surface area contributed by atoms with Gasteiger partial charge in [0.1, 0.15) is 17.2 Å². The second-order valence-electron chi connectivity index (χ2n) is 5.47. The highest BCUT2D eigenvalue weighted by molar-refractivity contribution is 6.28. The SMILES string of the molecule is [CH2]C(C)[C@@H](c1cnc(Cl)nc1)c1oc2ccc(F)cc2c1C. The molecule has 1 unspecified atom stereocenters. The number of nitrogens with zero attached hydrogens (tertiary/aromatic N) is 2. The van der Waals surface area contributed by atoms with Crippen molar-refractivity contribution in [3.05, 3.63) is 65.5 Å². The van der Waals surface area contributed by atoms with Gasteiger partial charge < -0.3 is 4.42 Å². The van der Waals surface area contributed by atoms with Crippen molar-refractivity contribution in [3.63, 3.8) is 0 Å². The molecule has 0 amide bonds. The number of halogens is 2. The van der Waals surface area contributed by atoms with E-state index in [9.17, 15) is 4.39 Å². The molecule has 0 aliphatic rings. The van der Waals surface area contributed by atoms with Crippen molar-refractivity contribution in [2.45, 2.75) is 19.8 Å². The lowest BCUT2D eigenvalue weighted by Crippen LogP contribution is -2.10. The van der Waals surface area contributed by atoms with Crippen molar-refractivity contribution in [1.82, 2.24) is 9.97 Å². The van der Waals surface area contributed by atoms with Gasteiger partial charge in [-0.2, -0.15) is 0 Å². The number of hydrogen-bond donors (Lipinski definition) is 0. The minimum atomic E-state index is -0.281. The molecule has 0 saturated heterocycles. The average Bonchev–Trinajstić information content (AvgIpc) is 2.78. The Hall–Kier alpha value is -1.94. The molecule has 3 nitrogen and oxygen atoms in total. The van der Waals surface area contributed by atoms with Crippen molar-refractivity contribution < 1.29 is 8.81 Å². The van der Waals surface area contributed by atoms with Gasteiger partial charge in [0.15, 0.2) is 0 Å². The largest absolute Gasteiger partial charge is 0.460 e. The van der Waals surface area contributed by atoms with Crippen LogP contribution in [-0.4, -0.2) is 9.97 Å². The molecule has 113 valence electrons. The van der Waals surface area contributed by atoms with Gasteiger partial charge in [-0.1, -0.05) is 6.92 Å². The second-order valence-corrected chi connectivity index (χ2v) is 5.81. The Labute approximate surface area is 133 Å². The lowest BCUT2D eigenvalue weighted by atomic mass is 9.86. The van der Waals surface area contributed by atoms with Crippen LogP contribution in [0.2, 0.25) is 5.28 Å². The Kier molecular flexibility index (Phi) is 3.87. The van der Waals surface area contributed by atoms with E-state index < -0.39 is 0 Å². The summed E-state index contributed by atoms with van der Waals surface area (Å²) >= 11 is 5.75. The van der Waals surface area contributed by atoms with Crippen LogP contribution in [0, 0.1) is 25.6 Å². The Balaban J connectivity index is 2.16. The highest BCUT2D eigenvalue weighted by Gasteiger charge is 2.26. The summed E-state index contributed by atoms with van der Waals surface area (Å²) in [4.78, 5) is 8.06. The van der Waals surface area contributed by atoms with Gasteiger partial charge in [-0.3, -0.25) is 0 Å². The first-order valence-corrected chi connectivity index (χ1v) is 7.34. The van der Waals surface area contributed by atoms with Crippen LogP contribution < -0.4 is 0 Å². The standard InChI is InChI=1S/C17H15ClFN2O/c1-9(2)15(11-7-20-17(18)21-8-11)16-10(3)13-6-12(19)4-5-14(13)22-16/h4-9,15H,1H2,2-3H3/t9?,15-/m0/s1. The first-order chi connectivity index (χ1) is 10.5. The van der Waals surface area contributed by atoms with Gasteiger partial charge in [0.2, 0.25) is 5.28 Å². The van der Waals surface area contributed by atoms with E-state index in [0.717, 1.165) is 22.3 Å². The van der Waals surface area contributed by atoms with Crippen molar-refractivity contribution >= 4 is 22.6 Å². The van der Waals surface area contributed by atoms with Gasteiger partial charge >= 0.3 is 0 Å². The molecule has 2 heterocycles. The highest BCUT2D eigenvalue weighted by Crippen LogP contribution is 2.38. The maximum Gasteiger partial charge on any atom is 0.222 e. The van der Waals surface area contributed by atoms with Crippen LogP contribution in [0.1, 0.15) is 29.7 Å². The first kappa shape index (κ1) is 15.0. The third-order valence-corrected chi connectivity index (χ3v) is 3.98. The Morgan fingerprint density at radius 1 is 1.27 bits per heavy atom. The van der Waals surface area contributed by atoms with Gasteiger partial charge in [0, 0.05) is 23.7 Å². The molecule has 0 bridgehead atoms. The summed E-state index contributed by atoms with van der Waals surface area (Å²) in [6, 6.07) is 4.52. The van der Waals surface area contributed by atoms with E-state index >= 15 is 0 Å². The fourth-order valence-corrected chi connectivity index (χ4v) is 2.83. The lowest BCUT2D eigenvalue weighted by molar-refractivity contribution is 0.467. The molecule has 3 aromatic rings. The van der Waals surface area contributed by atoms with E-state index in [0.29, 0.717) is 5.58 Å². The van der Waals surface area contributed by atoms with Gasteiger partial charge in [-0.05, 0) is 60.7 Å². The highest BCUT2D eigenvalue weighted by atomic mass is 35.5. The number of furan rings is 1. The molecule has 0 aliphatic heterocycles. The van der Waals surface area contributed by atoms with Crippen LogP contribution in [0.25, 0.3) is 11.0 Å². The molecular formula is C17H15ClFN2O. The Bertz CT molecular complexity index is 811. The predicted molar refractivity (Wildman–Crippen MR) is 84.3 cm³/mol. The minimum absolute atomic E-state index is 0.0221. The smallest absolute Gasteiger partial charge is 0.222 e. The summed E-state index contributed by atoms with van der Waals surface area (Å²) in [7, 11) is 0. The summed E-state index contributed by atoms with van der Waals surface area (Å²) in [6.07, 6.45) is 3.35. The fraction of sp³-hybridized carbons (Fsp3) is 0.235. The van der Waals surface area contributed by atoms with Crippen LogP contribution in [-0.2, 0) is 0 Å². The monoisotopic (exact) mass is 317 g/mol. The third kappa shape index (κ3) is 2.59. The van der Waals surface area contributed by atoms with E-state index in [1.807, 2.05) is 13.8 Å². The summed E-state index contributed by atoms with van der Waals surface area (Å²) in [5, 5.41) is 0.971. The van der Waals surface area contributed by atoms with Crippen molar-refractivity contribution in [3.8, 4) is 0 Å². The van der Waals surface area contributed by atoms with E-state index in [4.69, 9.17) is 16.0 Å². The first-order valence-electron chi connectivity index (χ1n) is 6.96. The van der Waals surface area contributed by atoms with E-state index in [-0.39, 0.29) is 22.9 Å². The summed E-state index contributed by atoms with van der Waals surface area (Å²) < 4.78 is 19.4. The molecule has 2 atom stereocenters. The number of rotatable bonds is 3. The maximum atomic E-state index is 13.5. The van der Waals surface area contributed by atoms with Gasteiger partial charge in [0.05, 0.1) is 0 Å². The van der Waals surface area contributed by atoms with Gasteiger partial charge in [-0.15, -0.1) is 0 Å². The number of fused-ring (bicyclic) bond motifs is 1. The molecule has 0 N–H and O–H groups in total. The van der Waals surface area contributed by atoms with Crippen LogP contribution in [0.3, 0.4) is 0 Å². The fourth-order valence-electron chi connectivity index (χ4n) is 2.73. The van der Waals surface area contributed by atoms with Crippen molar-refractivity contribution in [1.29, 1.82) is 0 Å². The number of benzene rings is 1. The number of aromatic nitrogens is 2. The molecule has 0 spiro atoms. The second kappa shape index (κ2) is 5.69. The summed E-state index contributed by atoms with van der Waals surface area (Å²) in [6.45, 7) is 8.04. The van der Waals surface area contributed by atoms with E-state index in [1.165, 1.54) is 12.1 Å². The Morgan fingerprint density at radius 2 is 1.95 bits per heavy atom. The molecule has 22 heavy (non-hydrogen) atoms. The molecule has 0 aliphatic carbocycles. The summed E-state index contributed by atoms with van der Waals surface area (Å²) in [5.41, 5.74) is 2.44. The predicted octanol–water partition coefficient (Wildman–Crippen LogP) is 4.93. The van der Waals surface area contributed by atoms with Gasteiger partial charge in [-0.25, -0.2) is 14.4 Å². The van der Waals surface area contributed by atoms with Crippen LogP contribution in [0.5, 0.6) is 0 Å². The van der Waals surface area contributed by atoms with Gasteiger partial charge in [0.25, 0.3) is 0 Å². The average molecular weight is 318 g/mol. The maximum absolute atomic E-state index is 13.5. The van der Waals surface area contributed by atoms with Crippen LogP contribution in [0.15, 0.2) is 35.0 Å². The Morgan fingerprint density at radius 3 is 2.59 bits per heavy atom. The van der Waals surface area contributed by atoms with E-state index in [2.05, 4.69) is 16.9 Å². The molecule has 2 aromatic heterocycles. The molecule has 5 heteroatoms.